The largest absolute Gasteiger partial charge is 0.381 e. The summed E-state index contributed by atoms with van der Waals surface area (Å²) < 4.78 is 5.60. The van der Waals surface area contributed by atoms with Gasteiger partial charge in [0.25, 0.3) is 0 Å². The van der Waals surface area contributed by atoms with Gasteiger partial charge >= 0.3 is 0 Å². The number of nitrogens with one attached hydrogen (secondary N) is 1. The minimum Gasteiger partial charge on any atom is -0.381 e. The Balaban J connectivity index is 2.18. The Hall–Kier alpha value is -1.52. The van der Waals surface area contributed by atoms with Gasteiger partial charge in [0, 0.05) is 37.2 Å². The summed E-state index contributed by atoms with van der Waals surface area (Å²) in [5.74, 6) is 0.359. The molecule has 0 bridgehead atoms. The van der Waals surface area contributed by atoms with Crippen LogP contribution in [-0.4, -0.2) is 35.9 Å². The van der Waals surface area contributed by atoms with Crippen LogP contribution in [0.1, 0.15) is 83.1 Å². The Kier molecular flexibility index (Phi) is 9.34. The van der Waals surface area contributed by atoms with E-state index in [4.69, 9.17) is 4.74 Å². The van der Waals surface area contributed by atoms with Gasteiger partial charge in [0.2, 0.25) is 0 Å². The zero-order valence-electron chi connectivity index (χ0n) is 18.0. The normalized spacial score (nSPS) is 12.2. The van der Waals surface area contributed by atoms with Crippen LogP contribution in [0.4, 0.5) is 0 Å². The van der Waals surface area contributed by atoms with E-state index in [0.29, 0.717) is 38.9 Å². The number of hydrogen-bond acceptors (Lipinski definition) is 4. The molecular formula is C23H37NO3. The molecule has 4 heteroatoms. The third-order valence-corrected chi connectivity index (χ3v) is 4.45. The van der Waals surface area contributed by atoms with Crippen molar-refractivity contribution in [2.24, 2.45) is 0 Å². The highest BCUT2D eigenvalue weighted by Crippen LogP contribution is 2.14. The van der Waals surface area contributed by atoms with Crippen molar-refractivity contribution in [1.29, 1.82) is 0 Å². The van der Waals surface area contributed by atoms with Crippen molar-refractivity contribution in [2.75, 3.05) is 13.2 Å². The van der Waals surface area contributed by atoms with E-state index in [0.717, 1.165) is 12.0 Å². The number of rotatable bonds is 12. The van der Waals surface area contributed by atoms with E-state index in [1.807, 2.05) is 38.1 Å². The summed E-state index contributed by atoms with van der Waals surface area (Å²) in [6.07, 6.45) is 3.39. The minimum atomic E-state index is -0.530. The maximum absolute atomic E-state index is 12.4. The molecule has 0 amide bonds. The highest BCUT2D eigenvalue weighted by Gasteiger charge is 2.30. The second-order valence-electron chi connectivity index (χ2n) is 8.72. The number of carbonyl (C=O) groups excluding carboxylic acids is 2. The van der Waals surface area contributed by atoms with Gasteiger partial charge in [-0.1, -0.05) is 31.2 Å². The van der Waals surface area contributed by atoms with Crippen LogP contribution in [0, 0.1) is 0 Å². The number of ether oxygens (including phenoxy) is 1. The van der Waals surface area contributed by atoms with Gasteiger partial charge in [0.15, 0.2) is 11.6 Å². The van der Waals surface area contributed by atoms with Gasteiger partial charge in [0.1, 0.15) is 0 Å². The molecule has 1 rings (SSSR count). The first-order chi connectivity index (χ1) is 12.5. The molecule has 0 aliphatic rings. The van der Waals surface area contributed by atoms with Gasteiger partial charge in [0.05, 0.1) is 5.54 Å². The average Bonchev–Trinajstić information content (AvgIpc) is 2.58. The van der Waals surface area contributed by atoms with Crippen LogP contribution in [0.5, 0.6) is 0 Å². The fourth-order valence-electron chi connectivity index (χ4n) is 3.16. The first-order valence-corrected chi connectivity index (χ1v) is 10.1. The first kappa shape index (κ1) is 23.5. The van der Waals surface area contributed by atoms with Crippen LogP contribution in [0.25, 0.3) is 0 Å². The predicted octanol–water partition coefficient (Wildman–Crippen LogP) is 4.74. The van der Waals surface area contributed by atoms with Crippen LogP contribution in [0.3, 0.4) is 0 Å². The van der Waals surface area contributed by atoms with Crippen LogP contribution in [-0.2, 0) is 16.0 Å². The number of aryl methyl sites for hydroxylation is 1. The van der Waals surface area contributed by atoms with Crippen molar-refractivity contribution in [1.82, 2.24) is 5.32 Å². The van der Waals surface area contributed by atoms with Crippen LogP contribution >= 0.6 is 0 Å². The predicted molar refractivity (Wildman–Crippen MR) is 111 cm³/mol. The maximum Gasteiger partial charge on any atom is 0.162 e. The van der Waals surface area contributed by atoms with Gasteiger partial charge in [-0.25, -0.2) is 0 Å². The molecule has 1 N–H and O–H groups in total. The van der Waals surface area contributed by atoms with Crippen molar-refractivity contribution in [3.8, 4) is 0 Å². The lowest BCUT2D eigenvalue weighted by atomic mass is 9.92. The van der Waals surface area contributed by atoms with Crippen molar-refractivity contribution >= 4 is 11.6 Å². The Morgan fingerprint density at radius 2 is 1.48 bits per heavy atom. The number of carbonyl (C=O) groups is 2. The van der Waals surface area contributed by atoms with E-state index in [9.17, 15) is 9.59 Å². The molecule has 0 saturated heterocycles. The highest BCUT2D eigenvalue weighted by molar-refractivity contribution is 5.96. The molecule has 27 heavy (non-hydrogen) atoms. The molecule has 0 aliphatic carbocycles. The molecule has 4 nitrogen and oxygen atoms in total. The quantitative estimate of drug-likeness (QED) is 0.423. The standard InChI is InChI=1S/C23H37NO3/c1-7-18-12-14-19(15-13-18)20(25)10-8-16-27-17-9-11-21(26)23(5,6)24-22(2,3)4/h12-15,24H,7-11,16-17H2,1-6H3. The van der Waals surface area contributed by atoms with Crippen molar-refractivity contribution in [3.63, 3.8) is 0 Å². The molecular weight excluding hydrogens is 338 g/mol. The Morgan fingerprint density at radius 1 is 0.926 bits per heavy atom. The summed E-state index contributed by atoms with van der Waals surface area (Å²) in [6.45, 7) is 13.2. The van der Waals surface area contributed by atoms with Crippen LogP contribution in [0.15, 0.2) is 24.3 Å². The Labute approximate surface area is 165 Å². The number of benzene rings is 1. The lowest BCUT2D eigenvalue weighted by molar-refractivity contribution is -0.125. The molecule has 0 atom stereocenters. The van der Waals surface area contributed by atoms with Crippen molar-refractivity contribution < 1.29 is 14.3 Å². The SMILES string of the molecule is CCc1ccc(C(=O)CCCOCCCC(=O)C(C)(C)NC(C)(C)C)cc1. The summed E-state index contributed by atoms with van der Waals surface area (Å²) in [7, 11) is 0. The highest BCUT2D eigenvalue weighted by atomic mass is 16.5. The van der Waals surface area contributed by atoms with Crippen molar-refractivity contribution in [3.05, 3.63) is 35.4 Å². The van der Waals surface area contributed by atoms with E-state index < -0.39 is 5.54 Å². The number of hydrogen-bond donors (Lipinski definition) is 1. The summed E-state index contributed by atoms with van der Waals surface area (Å²) in [6, 6.07) is 7.83. The molecule has 1 aromatic rings. The molecule has 0 spiro atoms. The monoisotopic (exact) mass is 375 g/mol. The van der Waals surface area contributed by atoms with Gasteiger partial charge in [-0.05, 0) is 59.4 Å². The number of ketones is 2. The smallest absolute Gasteiger partial charge is 0.162 e. The summed E-state index contributed by atoms with van der Waals surface area (Å²) in [4.78, 5) is 24.5. The van der Waals surface area contributed by atoms with Crippen molar-refractivity contribution in [2.45, 2.75) is 84.7 Å². The topological polar surface area (TPSA) is 55.4 Å². The van der Waals surface area contributed by atoms with Gasteiger partial charge < -0.3 is 10.1 Å². The van der Waals surface area contributed by atoms with E-state index in [-0.39, 0.29) is 17.1 Å². The molecule has 1 aromatic carbocycles. The van der Waals surface area contributed by atoms with E-state index in [1.54, 1.807) is 0 Å². The van der Waals surface area contributed by atoms with Gasteiger partial charge in [-0.2, -0.15) is 0 Å². The van der Waals surface area contributed by atoms with E-state index in [2.05, 4.69) is 33.0 Å². The zero-order valence-corrected chi connectivity index (χ0v) is 18.0. The lowest BCUT2D eigenvalue weighted by Crippen LogP contribution is -2.55. The summed E-state index contributed by atoms with van der Waals surface area (Å²) >= 11 is 0. The maximum atomic E-state index is 12.4. The lowest BCUT2D eigenvalue weighted by Gasteiger charge is -2.33. The van der Waals surface area contributed by atoms with Crippen LogP contribution < -0.4 is 5.32 Å². The Bertz CT molecular complexity index is 597. The fourth-order valence-corrected chi connectivity index (χ4v) is 3.16. The second kappa shape index (κ2) is 10.7. The summed E-state index contributed by atoms with van der Waals surface area (Å²) in [5.41, 5.74) is 1.38. The van der Waals surface area contributed by atoms with Crippen LogP contribution in [0.2, 0.25) is 0 Å². The number of Topliss-reactive ketones (excluding diaryl/α,β-unsaturated/α-hetero) is 2. The second-order valence-corrected chi connectivity index (χ2v) is 8.72. The van der Waals surface area contributed by atoms with E-state index in [1.165, 1.54) is 5.56 Å². The third-order valence-electron chi connectivity index (χ3n) is 4.45. The molecule has 152 valence electrons. The minimum absolute atomic E-state index is 0.0982. The summed E-state index contributed by atoms with van der Waals surface area (Å²) in [5, 5.41) is 3.36. The molecule has 0 unspecified atom stereocenters. The third kappa shape index (κ3) is 9.30. The molecule has 0 heterocycles. The van der Waals surface area contributed by atoms with Gasteiger partial charge in [-0.15, -0.1) is 0 Å². The first-order valence-electron chi connectivity index (χ1n) is 10.1. The molecule has 0 aromatic heterocycles. The fraction of sp³-hybridized carbons (Fsp3) is 0.652. The van der Waals surface area contributed by atoms with E-state index >= 15 is 0 Å². The zero-order chi connectivity index (χ0) is 20.5. The molecule has 0 radical (unpaired) electrons. The molecule has 0 saturated carbocycles. The molecule has 0 fully saturated rings. The molecule has 0 aliphatic heterocycles. The van der Waals surface area contributed by atoms with Gasteiger partial charge in [-0.3, -0.25) is 9.59 Å². The Morgan fingerprint density at radius 3 is 2.00 bits per heavy atom. The average molecular weight is 376 g/mol.